The first-order valence-corrected chi connectivity index (χ1v) is 9.02. The third-order valence-electron chi connectivity index (χ3n) is 4.12. The van der Waals surface area contributed by atoms with E-state index in [1.54, 1.807) is 4.57 Å². The summed E-state index contributed by atoms with van der Waals surface area (Å²) in [5, 5.41) is 10.9. The number of imidazole rings is 1. The molecule has 1 aliphatic heterocycles. The van der Waals surface area contributed by atoms with Gasteiger partial charge in [0.15, 0.2) is 17.4 Å². The maximum Gasteiger partial charge on any atom is 0.278 e. The van der Waals surface area contributed by atoms with Crippen molar-refractivity contribution in [2.45, 2.75) is 77.3 Å². The molecule has 1 aliphatic rings. The van der Waals surface area contributed by atoms with Gasteiger partial charge in [0.05, 0.1) is 30.5 Å². The number of hydrogen-bond acceptors (Lipinski definition) is 7. The lowest BCUT2D eigenvalue weighted by molar-refractivity contribution is -0.138. The zero-order valence-electron chi connectivity index (χ0n) is 16.6. The van der Waals surface area contributed by atoms with E-state index in [1.165, 1.54) is 12.7 Å². The molecule has 0 bridgehead atoms. The Balaban J connectivity index is 1.91. The van der Waals surface area contributed by atoms with Crippen molar-refractivity contribution in [2.75, 3.05) is 6.61 Å². The van der Waals surface area contributed by atoms with Crippen molar-refractivity contribution in [1.29, 1.82) is 0 Å². The molecule has 2 aromatic heterocycles. The lowest BCUT2D eigenvalue weighted by atomic mass is 10.1. The second kappa shape index (κ2) is 6.97. The Morgan fingerprint density at radius 1 is 1.22 bits per heavy atom. The minimum absolute atomic E-state index is 0.191. The van der Waals surface area contributed by atoms with Crippen LogP contribution >= 0.6 is 0 Å². The number of H-pyrrole nitrogens is 1. The first-order chi connectivity index (χ1) is 12.5. The van der Waals surface area contributed by atoms with Gasteiger partial charge < -0.3 is 24.3 Å². The van der Waals surface area contributed by atoms with Gasteiger partial charge in [-0.2, -0.15) is 0 Å². The molecule has 9 nitrogen and oxygen atoms in total. The monoisotopic (exact) mass is 381 g/mol. The highest BCUT2D eigenvalue weighted by Crippen LogP contribution is 2.35. The fourth-order valence-corrected chi connectivity index (χ4v) is 3.02. The lowest BCUT2D eigenvalue weighted by Crippen LogP contribution is -2.42. The summed E-state index contributed by atoms with van der Waals surface area (Å²) in [7, 11) is 0. The van der Waals surface area contributed by atoms with Gasteiger partial charge in [-0.25, -0.2) is 9.97 Å². The van der Waals surface area contributed by atoms with Crippen molar-refractivity contribution >= 4 is 11.2 Å². The topological polar surface area (TPSA) is 111 Å². The van der Waals surface area contributed by atoms with Gasteiger partial charge in [0, 0.05) is 0 Å². The molecule has 0 spiro atoms. The molecule has 0 radical (unpaired) electrons. The molecule has 2 N–H and O–H groups in total. The van der Waals surface area contributed by atoms with Crippen LogP contribution < -0.4 is 5.56 Å². The van der Waals surface area contributed by atoms with E-state index in [0.29, 0.717) is 5.65 Å². The number of hydrogen-bond donors (Lipinski definition) is 2. The number of aromatic amines is 1. The van der Waals surface area contributed by atoms with Crippen LogP contribution in [-0.4, -0.2) is 60.7 Å². The Labute approximate surface area is 157 Å². The molecule has 1 fully saturated rings. The molecular formula is C18H28N4O5. The Morgan fingerprint density at radius 2 is 1.93 bits per heavy atom. The number of nitrogens with zero attached hydrogens (tertiary/aromatic N) is 3. The third-order valence-corrected chi connectivity index (χ3v) is 4.12. The quantitative estimate of drug-likeness (QED) is 0.823. The molecule has 0 saturated carbocycles. The third kappa shape index (κ3) is 4.37. The summed E-state index contributed by atoms with van der Waals surface area (Å²) in [5.74, 6) is 0. The second-order valence-electron chi connectivity index (χ2n) is 8.73. The number of ether oxygens (including phenoxy) is 3. The van der Waals surface area contributed by atoms with Crippen molar-refractivity contribution in [3.8, 4) is 0 Å². The van der Waals surface area contributed by atoms with Crippen LogP contribution in [0.1, 0.15) is 47.8 Å². The van der Waals surface area contributed by atoms with Crippen LogP contribution in [0, 0.1) is 0 Å². The molecule has 3 heterocycles. The normalized spacial score (nSPS) is 26.8. The van der Waals surface area contributed by atoms with Gasteiger partial charge in [0.25, 0.3) is 5.56 Å². The van der Waals surface area contributed by atoms with E-state index >= 15 is 0 Å². The van der Waals surface area contributed by atoms with Crippen molar-refractivity contribution < 1.29 is 19.3 Å². The Kier molecular flexibility index (Phi) is 5.15. The summed E-state index contributed by atoms with van der Waals surface area (Å²) in [5.41, 5.74) is -0.641. The van der Waals surface area contributed by atoms with Crippen LogP contribution in [0.3, 0.4) is 0 Å². The molecule has 9 heteroatoms. The van der Waals surface area contributed by atoms with Crippen LogP contribution in [0.15, 0.2) is 17.4 Å². The number of aliphatic hydroxyl groups excluding tert-OH is 1. The number of aromatic nitrogens is 4. The van der Waals surface area contributed by atoms with Crippen LogP contribution in [0.5, 0.6) is 0 Å². The van der Waals surface area contributed by atoms with Crippen molar-refractivity contribution in [1.82, 2.24) is 19.5 Å². The first-order valence-electron chi connectivity index (χ1n) is 9.02. The number of fused-ring (bicyclic) bond motifs is 1. The minimum Gasteiger partial charge on any atom is -0.386 e. The summed E-state index contributed by atoms with van der Waals surface area (Å²) >= 11 is 0. The van der Waals surface area contributed by atoms with Crippen LogP contribution in [0.25, 0.3) is 11.2 Å². The Hall–Kier alpha value is -1.81. The van der Waals surface area contributed by atoms with Crippen LogP contribution in [0.4, 0.5) is 0 Å². The average Bonchev–Trinajstić information content (AvgIpc) is 3.07. The highest BCUT2D eigenvalue weighted by molar-refractivity contribution is 5.68. The molecule has 27 heavy (non-hydrogen) atoms. The standard InChI is InChI=1S/C18H28N4O5/c1-17(2,3)25-7-10-13(27-18(4,5)6)12(23)16(26-10)22-9-21-11-14(22)19-8-20-15(11)24/h8-10,12-13,16,23H,7H2,1-6H3,(H,19,20,24)/t10-,12-,13?,16?/m1/s1/i9+1. The summed E-state index contributed by atoms with van der Waals surface area (Å²) in [4.78, 5) is 22.7. The number of nitrogens with one attached hydrogen (secondary N) is 1. The van der Waals surface area contributed by atoms with Gasteiger partial charge in [0.1, 0.15) is 18.3 Å². The molecule has 4 atom stereocenters. The maximum atomic E-state index is 11.9. The first kappa shape index (κ1) is 19.9. The zero-order valence-corrected chi connectivity index (χ0v) is 16.6. The molecule has 1 saturated heterocycles. The van der Waals surface area contributed by atoms with Crippen LogP contribution in [0.2, 0.25) is 0 Å². The molecule has 2 unspecified atom stereocenters. The average molecular weight is 381 g/mol. The predicted octanol–water partition coefficient (Wildman–Crippen LogP) is 1.38. The minimum atomic E-state index is -0.976. The summed E-state index contributed by atoms with van der Waals surface area (Å²) in [6.45, 7) is 11.9. The second-order valence-corrected chi connectivity index (χ2v) is 8.73. The van der Waals surface area contributed by atoms with Gasteiger partial charge in [0.2, 0.25) is 0 Å². The zero-order chi connectivity index (χ0) is 20.0. The van der Waals surface area contributed by atoms with Gasteiger partial charge in [-0.3, -0.25) is 9.36 Å². The highest BCUT2D eigenvalue weighted by Gasteiger charge is 2.48. The molecule has 2 aromatic rings. The Morgan fingerprint density at radius 3 is 2.56 bits per heavy atom. The number of rotatable bonds is 4. The van der Waals surface area contributed by atoms with E-state index in [-0.39, 0.29) is 23.3 Å². The summed E-state index contributed by atoms with van der Waals surface area (Å²) in [6.07, 6.45) is -0.101. The predicted molar refractivity (Wildman–Crippen MR) is 98.4 cm³/mol. The summed E-state index contributed by atoms with van der Waals surface area (Å²) < 4.78 is 19.6. The molecule has 150 valence electrons. The SMILES string of the molecule is CC(C)(C)OC[C@H]1OC(n2[13cH]nc3c(=O)[nH]cnc32)[C@H](O)C1OC(C)(C)C. The fraction of sp³-hybridized carbons (Fsp3) is 0.722. The lowest BCUT2D eigenvalue weighted by Gasteiger charge is -2.30. The smallest absolute Gasteiger partial charge is 0.278 e. The largest absolute Gasteiger partial charge is 0.386 e. The van der Waals surface area contributed by atoms with E-state index in [4.69, 9.17) is 14.2 Å². The van der Waals surface area contributed by atoms with E-state index < -0.39 is 30.1 Å². The van der Waals surface area contributed by atoms with Crippen molar-refractivity contribution in [2.24, 2.45) is 0 Å². The van der Waals surface area contributed by atoms with Gasteiger partial charge in [-0.1, -0.05) is 0 Å². The Bertz CT molecular complexity index is 848. The highest BCUT2D eigenvalue weighted by atomic mass is 16.6. The van der Waals surface area contributed by atoms with E-state index in [9.17, 15) is 9.90 Å². The van der Waals surface area contributed by atoms with E-state index in [0.717, 1.165) is 0 Å². The molecular weight excluding hydrogens is 353 g/mol. The van der Waals surface area contributed by atoms with E-state index in [1.807, 2.05) is 41.5 Å². The van der Waals surface area contributed by atoms with Gasteiger partial charge >= 0.3 is 0 Å². The molecule has 0 aromatic carbocycles. The molecule has 0 aliphatic carbocycles. The van der Waals surface area contributed by atoms with Gasteiger partial charge in [-0.05, 0) is 41.5 Å². The maximum absolute atomic E-state index is 11.9. The molecule has 0 amide bonds. The summed E-state index contributed by atoms with van der Waals surface area (Å²) in [6, 6.07) is 0. The van der Waals surface area contributed by atoms with Gasteiger partial charge in [-0.15, -0.1) is 0 Å². The fourth-order valence-electron chi connectivity index (χ4n) is 3.02. The number of aliphatic hydroxyl groups is 1. The van der Waals surface area contributed by atoms with Crippen molar-refractivity contribution in [3.05, 3.63) is 23.0 Å². The van der Waals surface area contributed by atoms with Crippen molar-refractivity contribution in [3.63, 3.8) is 0 Å². The van der Waals surface area contributed by atoms with E-state index in [2.05, 4.69) is 15.0 Å². The molecule has 3 rings (SSSR count). The van der Waals surface area contributed by atoms with Crippen LogP contribution in [-0.2, 0) is 14.2 Å².